The smallest absolute Gasteiger partial charge is 0.169 e. The highest BCUT2D eigenvalue weighted by Crippen LogP contribution is 2.37. The standard InChI is InChI=1S/C12H12O4/c13-8-2-6-1-7-4-16-5-9(7)12(15)11(6)10(14)3-8/h1,8,13,15H,2-5H2/t8-/m1/s1. The first kappa shape index (κ1) is 9.81. The van der Waals surface area contributed by atoms with E-state index in [0.717, 1.165) is 16.7 Å². The van der Waals surface area contributed by atoms with Gasteiger partial charge in [-0.15, -0.1) is 0 Å². The lowest BCUT2D eigenvalue weighted by atomic mass is 9.85. The number of phenols is 1. The number of ketones is 1. The van der Waals surface area contributed by atoms with Crippen molar-refractivity contribution in [2.75, 3.05) is 0 Å². The molecule has 0 bridgehead atoms. The lowest BCUT2D eigenvalue weighted by molar-refractivity contribution is 0.0849. The maximum Gasteiger partial charge on any atom is 0.169 e. The Kier molecular flexibility index (Phi) is 2.02. The van der Waals surface area contributed by atoms with Crippen LogP contribution < -0.4 is 0 Å². The molecule has 0 fully saturated rings. The summed E-state index contributed by atoms with van der Waals surface area (Å²) < 4.78 is 5.24. The Morgan fingerprint density at radius 2 is 2.06 bits per heavy atom. The molecule has 0 saturated carbocycles. The Balaban J connectivity index is 2.22. The predicted molar refractivity (Wildman–Crippen MR) is 55.3 cm³/mol. The van der Waals surface area contributed by atoms with E-state index in [1.54, 1.807) is 0 Å². The van der Waals surface area contributed by atoms with Crippen molar-refractivity contribution in [2.24, 2.45) is 0 Å². The molecule has 0 radical (unpaired) electrons. The number of ether oxygens (including phenoxy) is 1. The molecule has 0 saturated heterocycles. The van der Waals surface area contributed by atoms with Crippen molar-refractivity contribution in [1.82, 2.24) is 0 Å². The van der Waals surface area contributed by atoms with Gasteiger partial charge in [0.15, 0.2) is 5.78 Å². The molecule has 0 unspecified atom stereocenters. The fraction of sp³-hybridized carbons (Fsp3) is 0.417. The van der Waals surface area contributed by atoms with Crippen molar-refractivity contribution in [3.8, 4) is 5.75 Å². The molecule has 0 spiro atoms. The second-order valence-corrected chi connectivity index (χ2v) is 4.38. The zero-order chi connectivity index (χ0) is 11.3. The molecule has 1 aliphatic heterocycles. The van der Waals surface area contributed by atoms with Gasteiger partial charge in [-0.25, -0.2) is 0 Å². The van der Waals surface area contributed by atoms with Crippen molar-refractivity contribution < 1.29 is 19.7 Å². The van der Waals surface area contributed by atoms with Crippen molar-refractivity contribution in [2.45, 2.75) is 32.2 Å². The van der Waals surface area contributed by atoms with Gasteiger partial charge in [-0.1, -0.05) is 6.07 Å². The Morgan fingerprint density at radius 1 is 1.25 bits per heavy atom. The molecule has 1 aromatic rings. The molecular weight excluding hydrogens is 208 g/mol. The highest BCUT2D eigenvalue weighted by atomic mass is 16.5. The van der Waals surface area contributed by atoms with Gasteiger partial charge in [-0.3, -0.25) is 4.79 Å². The summed E-state index contributed by atoms with van der Waals surface area (Å²) in [6, 6.07) is 1.87. The number of hydrogen-bond donors (Lipinski definition) is 2. The van der Waals surface area contributed by atoms with Gasteiger partial charge in [0.05, 0.1) is 24.9 Å². The minimum atomic E-state index is -0.625. The van der Waals surface area contributed by atoms with Crippen LogP contribution in [0.3, 0.4) is 0 Å². The van der Waals surface area contributed by atoms with E-state index in [1.807, 2.05) is 6.07 Å². The number of carbonyl (C=O) groups excluding carboxylic acids is 1. The maximum atomic E-state index is 11.8. The van der Waals surface area contributed by atoms with Gasteiger partial charge < -0.3 is 14.9 Å². The van der Waals surface area contributed by atoms with Crippen molar-refractivity contribution in [1.29, 1.82) is 0 Å². The predicted octanol–water partition coefficient (Wildman–Crippen LogP) is 0.912. The average Bonchev–Trinajstić information content (AvgIpc) is 2.64. The quantitative estimate of drug-likeness (QED) is 0.682. The summed E-state index contributed by atoms with van der Waals surface area (Å²) in [4.78, 5) is 11.8. The first-order valence-electron chi connectivity index (χ1n) is 5.32. The van der Waals surface area contributed by atoms with Crippen LogP contribution in [0.25, 0.3) is 0 Å². The SMILES string of the molecule is O=C1C[C@H](O)Cc2cc3c(c(O)c21)COC3. The van der Waals surface area contributed by atoms with E-state index in [1.165, 1.54) is 0 Å². The molecule has 4 nitrogen and oxygen atoms in total. The van der Waals surface area contributed by atoms with Crippen LogP contribution in [0.5, 0.6) is 5.75 Å². The monoisotopic (exact) mass is 220 g/mol. The van der Waals surface area contributed by atoms with Gasteiger partial charge in [-0.2, -0.15) is 0 Å². The molecule has 16 heavy (non-hydrogen) atoms. The number of phenolic OH excluding ortho intramolecular Hbond substituents is 1. The third-order valence-corrected chi connectivity index (χ3v) is 3.24. The lowest BCUT2D eigenvalue weighted by Crippen LogP contribution is -2.24. The van der Waals surface area contributed by atoms with Crippen LogP contribution in [-0.4, -0.2) is 22.1 Å². The number of fused-ring (bicyclic) bond motifs is 2. The van der Waals surface area contributed by atoms with Crippen LogP contribution in [0, 0.1) is 0 Å². The summed E-state index contributed by atoms with van der Waals surface area (Å²) in [6.07, 6.45) is -0.0953. The van der Waals surface area contributed by atoms with Gasteiger partial charge in [0.25, 0.3) is 0 Å². The highest BCUT2D eigenvalue weighted by Gasteiger charge is 2.30. The number of aliphatic hydroxyl groups is 1. The second kappa shape index (κ2) is 3.30. The Morgan fingerprint density at radius 3 is 2.88 bits per heavy atom. The molecule has 1 heterocycles. The molecule has 1 atom stereocenters. The van der Waals surface area contributed by atoms with Crippen LogP contribution in [0.1, 0.15) is 33.5 Å². The van der Waals surface area contributed by atoms with E-state index in [9.17, 15) is 15.0 Å². The summed E-state index contributed by atoms with van der Waals surface area (Å²) in [5.74, 6) is -0.122. The summed E-state index contributed by atoms with van der Waals surface area (Å²) >= 11 is 0. The number of aromatic hydroxyl groups is 1. The zero-order valence-corrected chi connectivity index (χ0v) is 8.69. The number of rotatable bonds is 0. The summed E-state index contributed by atoms with van der Waals surface area (Å²) in [5, 5.41) is 19.6. The average molecular weight is 220 g/mol. The van der Waals surface area contributed by atoms with Crippen LogP contribution in [0.2, 0.25) is 0 Å². The molecular formula is C12H12O4. The van der Waals surface area contributed by atoms with Crippen LogP contribution >= 0.6 is 0 Å². The molecule has 1 aliphatic carbocycles. The van der Waals surface area contributed by atoms with Gasteiger partial charge in [0, 0.05) is 12.0 Å². The molecule has 0 aromatic heterocycles. The van der Waals surface area contributed by atoms with Crippen molar-refractivity contribution >= 4 is 5.78 Å². The van der Waals surface area contributed by atoms with Gasteiger partial charge in [-0.05, 0) is 17.5 Å². The fourth-order valence-electron chi connectivity index (χ4n) is 2.49. The van der Waals surface area contributed by atoms with E-state index in [4.69, 9.17) is 4.74 Å². The van der Waals surface area contributed by atoms with E-state index in [-0.39, 0.29) is 18.0 Å². The molecule has 4 heteroatoms. The van der Waals surface area contributed by atoms with Gasteiger partial charge >= 0.3 is 0 Å². The summed E-state index contributed by atoms with van der Waals surface area (Å²) in [5.41, 5.74) is 2.78. The maximum absolute atomic E-state index is 11.8. The van der Waals surface area contributed by atoms with Crippen LogP contribution in [0.15, 0.2) is 6.07 Å². The summed E-state index contributed by atoms with van der Waals surface area (Å²) in [6.45, 7) is 0.838. The van der Waals surface area contributed by atoms with Crippen molar-refractivity contribution in [3.05, 3.63) is 28.3 Å². The van der Waals surface area contributed by atoms with Gasteiger partial charge in [0.2, 0.25) is 0 Å². The summed E-state index contributed by atoms with van der Waals surface area (Å²) in [7, 11) is 0. The minimum Gasteiger partial charge on any atom is -0.507 e. The third kappa shape index (κ3) is 1.27. The molecule has 2 aliphatic rings. The number of Topliss-reactive ketones (excluding diaryl/α,β-unsaturated/α-hetero) is 1. The first-order valence-corrected chi connectivity index (χ1v) is 5.32. The highest BCUT2D eigenvalue weighted by molar-refractivity contribution is 6.02. The number of benzene rings is 1. The molecule has 84 valence electrons. The normalized spacial score (nSPS) is 23.1. The Labute approximate surface area is 92.5 Å². The molecule has 2 N–H and O–H groups in total. The number of carbonyl (C=O) groups is 1. The second-order valence-electron chi connectivity index (χ2n) is 4.38. The van der Waals surface area contributed by atoms with Crippen LogP contribution in [0.4, 0.5) is 0 Å². The first-order chi connectivity index (χ1) is 7.66. The Bertz CT molecular complexity index is 478. The largest absolute Gasteiger partial charge is 0.507 e. The number of aliphatic hydroxyl groups excluding tert-OH is 1. The minimum absolute atomic E-state index is 0.0573. The van der Waals surface area contributed by atoms with E-state index >= 15 is 0 Å². The molecule has 3 rings (SSSR count). The molecule has 0 amide bonds. The van der Waals surface area contributed by atoms with E-state index < -0.39 is 6.10 Å². The zero-order valence-electron chi connectivity index (χ0n) is 8.69. The Hall–Kier alpha value is -1.39. The lowest BCUT2D eigenvalue weighted by Gasteiger charge is -2.21. The fourth-order valence-corrected chi connectivity index (χ4v) is 2.49. The van der Waals surface area contributed by atoms with Crippen molar-refractivity contribution in [3.63, 3.8) is 0 Å². The third-order valence-electron chi connectivity index (χ3n) is 3.24. The topological polar surface area (TPSA) is 66.8 Å². The van der Waals surface area contributed by atoms with Crippen LogP contribution in [-0.2, 0) is 24.4 Å². The number of hydrogen-bond acceptors (Lipinski definition) is 4. The van der Waals surface area contributed by atoms with E-state index in [0.29, 0.717) is 25.2 Å². The van der Waals surface area contributed by atoms with E-state index in [2.05, 4.69) is 0 Å². The van der Waals surface area contributed by atoms with Gasteiger partial charge in [0.1, 0.15) is 5.75 Å². The molecule has 1 aromatic carbocycles.